The maximum absolute atomic E-state index is 13.4. The number of ether oxygens (including phenoxy) is 7. The lowest BCUT2D eigenvalue weighted by molar-refractivity contribution is -0.267. The number of nitrogens with one attached hydrogen (secondary N) is 1. The lowest BCUT2D eigenvalue weighted by atomic mass is 9.96. The second kappa shape index (κ2) is 17.0. The minimum absolute atomic E-state index is 0.0835. The molecule has 0 spiro atoms. The monoisotopic (exact) mass is 724 g/mol. The number of fused-ring (bicyclic) bond motifs is 3. The Labute approximate surface area is 298 Å². The maximum atomic E-state index is 13.4. The van der Waals surface area contributed by atoms with Crippen LogP contribution in [0.4, 0.5) is 4.79 Å². The van der Waals surface area contributed by atoms with E-state index in [-0.39, 0.29) is 12.5 Å². The Bertz CT molecular complexity index is 1690. The first-order valence-corrected chi connectivity index (χ1v) is 16.3. The minimum Gasteiger partial charge on any atom is -0.463 e. The first-order chi connectivity index (χ1) is 24.6. The molecule has 2 aromatic rings. The number of rotatable bonds is 12. The highest BCUT2D eigenvalue weighted by Gasteiger charge is 2.52. The van der Waals surface area contributed by atoms with E-state index >= 15 is 0 Å². The Hall–Kier alpha value is -5.67. The van der Waals surface area contributed by atoms with Crippen LogP contribution in [-0.2, 0) is 57.1 Å². The van der Waals surface area contributed by atoms with Crippen LogP contribution in [0.1, 0.15) is 65.0 Å². The summed E-state index contributed by atoms with van der Waals surface area (Å²) in [6.45, 7) is 7.34. The molecule has 0 bridgehead atoms. The van der Waals surface area contributed by atoms with Crippen molar-refractivity contribution in [3.8, 4) is 11.1 Å². The summed E-state index contributed by atoms with van der Waals surface area (Å²) >= 11 is 0. The Morgan fingerprint density at radius 2 is 1.40 bits per heavy atom. The van der Waals surface area contributed by atoms with E-state index in [1.807, 2.05) is 48.5 Å². The van der Waals surface area contributed by atoms with Crippen molar-refractivity contribution < 1.29 is 61.9 Å². The summed E-state index contributed by atoms with van der Waals surface area (Å²) in [5.74, 6) is -4.89. The fourth-order valence-corrected chi connectivity index (χ4v) is 5.86. The van der Waals surface area contributed by atoms with Crippen LogP contribution in [0.5, 0.6) is 0 Å². The highest BCUT2D eigenvalue weighted by atomic mass is 16.7. The van der Waals surface area contributed by atoms with Crippen LogP contribution in [-0.4, -0.2) is 91.4 Å². The van der Waals surface area contributed by atoms with Crippen LogP contribution in [0, 0.1) is 0 Å². The van der Waals surface area contributed by atoms with Gasteiger partial charge in [0, 0.05) is 31.6 Å². The zero-order valence-corrected chi connectivity index (χ0v) is 29.4. The number of carbonyl (C=O) groups excluding carboxylic acids is 6. The summed E-state index contributed by atoms with van der Waals surface area (Å²) in [4.78, 5) is 78.1. The number of azide groups is 1. The van der Waals surface area contributed by atoms with Crippen LogP contribution in [0.3, 0.4) is 0 Å². The van der Waals surface area contributed by atoms with Gasteiger partial charge in [-0.15, -0.1) is 0 Å². The zero-order valence-electron chi connectivity index (χ0n) is 29.4. The van der Waals surface area contributed by atoms with E-state index in [0.29, 0.717) is 0 Å². The molecule has 1 heterocycles. The number of esters is 5. The molecule has 0 unspecified atom stereocenters. The summed E-state index contributed by atoms with van der Waals surface area (Å²) < 4.78 is 37.9. The predicted molar refractivity (Wildman–Crippen MR) is 178 cm³/mol. The van der Waals surface area contributed by atoms with Crippen molar-refractivity contribution in [2.24, 2.45) is 5.11 Å². The summed E-state index contributed by atoms with van der Waals surface area (Å²) in [5.41, 5.74) is 12.2. The average Bonchev–Trinajstić information content (AvgIpc) is 3.37. The van der Waals surface area contributed by atoms with Gasteiger partial charge < -0.3 is 38.5 Å². The fourth-order valence-electron chi connectivity index (χ4n) is 5.86. The number of hydrogen-bond donors (Lipinski definition) is 1. The number of nitrogens with zero attached hydrogens (tertiary/aromatic N) is 3. The third-order valence-electron chi connectivity index (χ3n) is 7.80. The molecule has 1 aliphatic carbocycles. The summed E-state index contributed by atoms with van der Waals surface area (Å²) in [5, 5.41) is 5.94. The molecule has 1 fully saturated rings. The molecule has 52 heavy (non-hydrogen) atoms. The lowest BCUT2D eigenvalue weighted by Crippen LogP contribution is -2.61. The first-order valence-electron chi connectivity index (χ1n) is 16.3. The molecular formula is C35H40N4O13. The minimum atomic E-state index is -1.81. The molecule has 17 nitrogen and oxygen atoms in total. The van der Waals surface area contributed by atoms with Gasteiger partial charge in [-0.1, -0.05) is 53.6 Å². The van der Waals surface area contributed by atoms with Gasteiger partial charge in [0.15, 0.2) is 12.2 Å². The van der Waals surface area contributed by atoms with Gasteiger partial charge >= 0.3 is 35.9 Å². The molecular weight excluding hydrogens is 684 g/mol. The normalized spacial score (nSPS) is 21.2. The summed E-state index contributed by atoms with van der Waals surface area (Å²) in [6.07, 6.45) is -8.05. The molecule has 0 radical (unpaired) electrons. The number of hydrogen-bond acceptors (Lipinski definition) is 14. The quantitative estimate of drug-likeness (QED) is 0.107. The Morgan fingerprint density at radius 3 is 1.94 bits per heavy atom. The van der Waals surface area contributed by atoms with Crippen LogP contribution in [0.25, 0.3) is 21.6 Å². The molecule has 2 aromatic carbocycles. The maximum Gasteiger partial charge on any atom is 0.407 e. The largest absolute Gasteiger partial charge is 0.463 e. The van der Waals surface area contributed by atoms with Gasteiger partial charge in [-0.25, -0.2) is 9.59 Å². The van der Waals surface area contributed by atoms with Crippen molar-refractivity contribution in [3.05, 3.63) is 70.1 Å². The van der Waals surface area contributed by atoms with E-state index in [1.165, 1.54) is 0 Å². The molecule has 17 heteroatoms. The SMILES string of the molecule is CC(=O)OC[C@H]1O[C@@H](OC(=O)C[C@H](NC(=O)OCC2c3ccccc3-c3ccccc32)C(=O)OC(C)(C)C)[C@H](N=[N+]=[N-])[C@@H](OC(C)=O)[C@@H]1OC(C)=O. The van der Waals surface area contributed by atoms with E-state index < -0.39 is 91.3 Å². The van der Waals surface area contributed by atoms with Gasteiger partial charge in [0.2, 0.25) is 6.29 Å². The van der Waals surface area contributed by atoms with Crippen LogP contribution >= 0.6 is 0 Å². The molecule has 1 saturated heterocycles. The van der Waals surface area contributed by atoms with Crippen molar-refractivity contribution in [2.45, 2.75) is 96.2 Å². The number of carbonyl (C=O) groups is 6. The van der Waals surface area contributed by atoms with E-state index in [1.54, 1.807) is 20.8 Å². The summed E-state index contributed by atoms with van der Waals surface area (Å²) in [6, 6.07) is 12.2. The van der Waals surface area contributed by atoms with Gasteiger partial charge in [-0.3, -0.25) is 19.2 Å². The van der Waals surface area contributed by atoms with Crippen molar-refractivity contribution in [2.75, 3.05) is 13.2 Å². The second-order valence-electron chi connectivity index (χ2n) is 12.9. The van der Waals surface area contributed by atoms with Crippen molar-refractivity contribution in [1.29, 1.82) is 0 Å². The van der Waals surface area contributed by atoms with Gasteiger partial charge in [-0.05, 0) is 48.6 Å². The molecule has 1 aliphatic heterocycles. The number of amides is 1. The number of benzene rings is 2. The molecule has 4 rings (SSSR count). The van der Waals surface area contributed by atoms with E-state index in [9.17, 15) is 34.3 Å². The Morgan fingerprint density at radius 1 is 0.827 bits per heavy atom. The van der Waals surface area contributed by atoms with E-state index in [0.717, 1.165) is 43.0 Å². The first kappa shape index (κ1) is 39.1. The molecule has 1 amide bonds. The zero-order chi connectivity index (χ0) is 38.2. The van der Waals surface area contributed by atoms with Crippen LogP contribution < -0.4 is 5.32 Å². The molecule has 278 valence electrons. The van der Waals surface area contributed by atoms with Crippen molar-refractivity contribution in [3.63, 3.8) is 0 Å². The highest BCUT2D eigenvalue weighted by molar-refractivity contribution is 5.86. The van der Waals surface area contributed by atoms with E-state index in [4.69, 9.17) is 33.2 Å². The predicted octanol–water partition coefficient (Wildman–Crippen LogP) is 4.00. The second-order valence-corrected chi connectivity index (χ2v) is 12.9. The molecule has 0 saturated carbocycles. The standard InChI is InChI=1S/C35H40N4O13/c1-18(40)46-17-27-30(48-19(2)41)31(49-20(3)42)29(38-39-36)33(50-27)51-28(43)15-26(32(44)52-35(4,5)6)37-34(45)47-16-25-23-13-9-7-11-21(23)22-12-8-10-14-24(22)25/h7-14,25-27,29-31,33H,15-17H2,1-6H3,(H,37,45)/t26-,27+,29+,30+,31+,33-/m0/s1. The highest BCUT2D eigenvalue weighted by Crippen LogP contribution is 2.44. The van der Waals surface area contributed by atoms with Gasteiger partial charge in [0.25, 0.3) is 0 Å². The van der Waals surface area contributed by atoms with Crippen LogP contribution in [0.15, 0.2) is 53.6 Å². The molecule has 1 N–H and O–H groups in total. The summed E-state index contributed by atoms with van der Waals surface area (Å²) in [7, 11) is 0. The Kier molecular flexibility index (Phi) is 12.8. The fraction of sp³-hybridized carbons (Fsp3) is 0.486. The topological polar surface area (TPSA) is 228 Å². The smallest absolute Gasteiger partial charge is 0.407 e. The lowest BCUT2D eigenvalue weighted by Gasteiger charge is -2.42. The van der Waals surface area contributed by atoms with Crippen molar-refractivity contribution >= 4 is 35.9 Å². The van der Waals surface area contributed by atoms with Gasteiger partial charge in [0.05, 0.1) is 6.42 Å². The average molecular weight is 725 g/mol. The third-order valence-corrected chi connectivity index (χ3v) is 7.80. The van der Waals surface area contributed by atoms with Gasteiger partial charge in [-0.2, -0.15) is 0 Å². The third kappa shape index (κ3) is 10.2. The van der Waals surface area contributed by atoms with Crippen molar-refractivity contribution in [1.82, 2.24) is 5.32 Å². The molecule has 6 atom stereocenters. The van der Waals surface area contributed by atoms with E-state index in [2.05, 4.69) is 15.3 Å². The molecule has 0 aromatic heterocycles. The van der Waals surface area contributed by atoms with Gasteiger partial charge in [0.1, 0.15) is 37.0 Å². The van der Waals surface area contributed by atoms with Crippen LogP contribution in [0.2, 0.25) is 0 Å². The Balaban J connectivity index is 1.53. The molecule has 2 aliphatic rings. The number of alkyl carbamates (subject to hydrolysis) is 1.